The number of ether oxygens (including phenoxy) is 1. The molecule has 0 N–H and O–H groups in total. The number of carbonyl (C=O) groups is 1. The van der Waals surface area contributed by atoms with Gasteiger partial charge in [-0.1, -0.05) is 25.9 Å². The summed E-state index contributed by atoms with van der Waals surface area (Å²) in [4.78, 5) is 15.5. The van der Waals surface area contributed by atoms with Crippen LogP contribution >= 0.6 is 0 Å². The minimum absolute atomic E-state index is 0.0879. The van der Waals surface area contributed by atoms with Crippen LogP contribution in [-0.2, 0) is 16.1 Å². The maximum absolute atomic E-state index is 11.5. The molecule has 0 spiro atoms. The van der Waals surface area contributed by atoms with E-state index >= 15 is 0 Å². The molecule has 1 heterocycles. The molecule has 0 aliphatic carbocycles. The zero-order valence-corrected chi connectivity index (χ0v) is 10.9. The number of hydrogen-bond donors (Lipinski definition) is 0. The first-order valence-corrected chi connectivity index (χ1v) is 5.92. The van der Waals surface area contributed by atoms with Crippen molar-refractivity contribution in [3.8, 4) is 0 Å². The van der Waals surface area contributed by atoms with Gasteiger partial charge in [-0.3, -0.25) is 4.79 Å². The molecule has 0 fully saturated rings. The average Bonchev–Trinajstić information content (AvgIpc) is 2.59. The topological polar surface area (TPSA) is 65.2 Å². The van der Waals surface area contributed by atoms with E-state index in [1.807, 2.05) is 0 Å². The number of carbonyl (C=O) groups excluding carboxylic acids is 1. The van der Waals surface area contributed by atoms with Crippen LogP contribution in [-0.4, -0.2) is 16.1 Å². The third-order valence-corrected chi connectivity index (χ3v) is 2.32. The Morgan fingerprint density at radius 3 is 2.65 bits per heavy atom. The van der Waals surface area contributed by atoms with Crippen LogP contribution in [0.1, 0.15) is 45.3 Å². The van der Waals surface area contributed by atoms with E-state index in [0.717, 1.165) is 6.42 Å². The summed E-state index contributed by atoms with van der Waals surface area (Å²) in [6.07, 6.45) is 1.46. The summed E-state index contributed by atoms with van der Waals surface area (Å²) in [5, 5.41) is 3.65. The highest BCUT2D eigenvalue weighted by Crippen LogP contribution is 2.15. The molecule has 96 valence electrons. The van der Waals surface area contributed by atoms with Gasteiger partial charge in [0.05, 0.1) is 0 Å². The molecule has 5 nitrogen and oxygen atoms in total. The van der Waals surface area contributed by atoms with Crippen LogP contribution in [0.2, 0.25) is 0 Å². The minimum atomic E-state index is -0.208. The van der Waals surface area contributed by atoms with E-state index in [1.54, 1.807) is 6.92 Å². The van der Waals surface area contributed by atoms with E-state index in [1.165, 1.54) is 0 Å². The molecule has 0 bridgehead atoms. The Balaban J connectivity index is 2.25. The first-order valence-electron chi connectivity index (χ1n) is 5.92. The van der Waals surface area contributed by atoms with Crippen LogP contribution in [0.5, 0.6) is 0 Å². The summed E-state index contributed by atoms with van der Waals surface area (Å²) in [5.74, 6) is 1.62. The Kier molecular flexibility index (Phi) is 5.12. The van der Waals surface area contributed by atoms with Crippen molar-refractivity contribution in [3.63, 3.8) is 0 Å². The van der Waals surface area contributed by atoms with E-state index in [0.29, 0.717) is 30.0 Å². The van der Waals surface area contributed by atoms with Crippen molar-refractivity contribution >= 4 is 5.97 Å². The fourth-order valence-corrected chi connectivity index (χ4v) is 1.78. The molecule has 0 aromatic carbocycles. The molecule has 0 saturated carbocycles. The molecule has 0 saturated heterocycles. The van der Waals surface area contributed by atoms with Gasteiger partial charge in [0.25, 0.3) is 0 Å². The van der Waals surface area contributed by atoms with Gasteiger partial charge in [0, 0.05) is 13.3 Å². The van der Waals surface area contributed by atoms with Crippen molar-refractivity contribution in [2.24, 2.45) is 11.8 Å². The van der Waals surface area contributed by atoms with Crippen LogP contribution < -0.4 is 0 Å². The van der Waals surface area contributed by atoms with Crippen LogP contribution in [0.4, 0.5) is 0 Å². The lowest BCUT2D eigenvalue weighted by Gasteiger charge is -2.12. The van der Waals surface area contributed by atoms with E-state index < -0.39 is 0 Å². The largest absolute Gasteiger partial charge is 0.457 e. The van der Waals surface area contributed by atoms with Gasteiger partial charge in [0.2, 0.25) is 11.7 Å². The molecule has 17 heavy (non-hydrogen) atoms. The molecular weight excluding hydrogens is 220 g/mol. The molecule has 0 radical (unpaired) electrons. The zero-order valence-electron chi connectivity index (χ0n) is 10.9. The Morgan fingerprint density at radius 1 is 1.41 bits per heavy atom. The number of aryl methyl sites for hydroxylation is 1. The van der Waals surface area contributed by atoms with Crippen LogP contribution in [0.15, 0.2) is 4.52 Å². The van der Waals surface area contributed by atoms with Gasteiger partial charge in [-0.15, -0.1) is 0 Å². The fourth-order valence-electron chi connectivity index (χ4n) is 1.78. The molecule has 0 aliphatic rings. The Morgan fingerprint density at radius 2 is 2.12 bits per heavy atom. The van der Waals surface area contributed by atoms with E-state index in [-0.39, 0.29) is 12.6 Å². The number of rotatable bonds is 6. The molecule has 1 aromatic rings. The first-order chi connectivity index (χ1) is 7.97. The van der Waals surface area contributed by atoms with Crippen LogP contribution in [0.3, 0.4) is 0 Å². The summed E-state index contributed by atoms with van der Waals surface area (Å²) < 4.78 is 9.85. The van der Waals surface area contributed by atoms with Crippen molar-refractivity contribution in [1.29, 1.82) is 0 Å². The lowest BCUT2D eigenvalue weighted by molar-refractivity contribution is -0.146. The highest BCUT2D eigenvalue weighted by atomic mass is 16.5. The second kappa shape index (κ2) is 6.37. The smallest absolute Gasteiger partial charge is 0.306 e. The Bertz CT molecular complexity index is 360. The predicted molar refractivity (Wildman–Crippen MR) is 62.1 cm³/mol. The van der Waals surface area contributed by atoms with Gasteiger partial charge < -0.3 is 9.26 Å². The first kappa shape index (κ1) is 13.7. The van der Waals surface area contributed by atoms with Crippen molar-refractivity contribution in [3.05, 3.63) is 11.7 Å². The highest BCUT2D eigenvalue weighted by molar-refractivity contribution is 5.69. The maximum Gasteiger partial charge on any atom is 0.306 e. The standard InChI is InChI=1S/C12H20N2O3/c1-8(2)5-9(3)6-12(15)16-7-11-13-10(4)17-14-11/h8-9H,5-7H2,1-4H3/t9-/m1/s1. The molecule has 0 aliphatic heterocycles. The quantitative estimate of drug-likeness (QED) is 0.715. The SMILES string of the molecule is Cc1nc(COC(=O)C[C@H](C)CC(C)C)no1. The second-order valence-electron chi connectivity index (χ2n) is 4.83. The molecule has 5 heteroatoms. The normalized spacial score (nSPS) is 12.8. The number of esters is 1. The molecule has 1 aromatic heterocycles. The number of aromatic nitrogens is 2. The summed E-state index contributed by atoms with van der Waals surface area (Å²) >= 11 is 0. The fraction of sp³-hybridized carbons (Fsp3) is 0.750. The number of nitrogens with zero attached hydrogens (tertiary/aromatic N) is 2. The molecular formula is C12H20N2O3. The molecule has 1 rings (SSSR count). The van der Waals surface area contributed by atoms with Crippen molar-refractivity contribution < 1.29 is 14.1 Å². The summed E-state index contributed by atoms with van der Waals surface area (Å²) in [6.45, 7) is 8.13. The van der Waals surface area contributed by atoms with Crippen LogP contribution in [0.25, 0.3) is 0 Å². The molecule has 1 atom stereocenters. The zero-order chi connectivity index (χ0) is 12.8. The monoisotopic (exact) mass is 240 g/mol. The molecule has 0 amide bonds. The maximum atomic E-state index is 11.5. The van der Waals surface area contributed by atoms with Crippen LogP contribution in [0, 0.1) is 18.8 Å². The Hall–Kier alpha value is -1.39. The third kappa shape index (κ3) is 5.47. The van der Waals surface area contributed by atoms with E-state index in [2.05, 4.69) is 30.9 Å². The Labute approximate surface area is 102 Å². The number of hydrogen-bond acceptors (Lipinski definition) is 5. The van der Waals surface area contributed by atoms with Crippen molar-refractivity contribution in [2.75, 3.05) is 0 Å². The van der Waals surface area contributed by atoms with Gasteiger partial charge in [0.1, 0.15) is 0 Å². The van der Waals surface area contributed by atoms with Gasteiger partial charge in [-0.25, -0.2) is 0 Å². The van der Waals surface area contributed by atoms with E-state index in [9.17, 15) is 4.79 Å². The molecule has 0 unspecified atom stereocenters. The third-order valence-electron chi connectivity index (χ3n) is 2.32. The highest BCUT2D eigenvalue weighted by Gasteiger charge is 2.13. The lowest BCUT2D eigenvalue weighted by atomic mass is 9.96. The van der Waals surface area contributed by atoms with E-state index in [4.69, 9.17) is 9.26 Å². The minimum Gasteiger partial charge on any atom is -0.457 e. The predicted octanol–water partition coefficient (Wildman–Crippen LogP) is 2.49. The second-order valence-corrected chi connectivity index (χ2v) is 4.83. The van der Waals surface area contributed by atoms with Gasteiger partial charge >= 0.3 is 5.97 Å². The van der Waals surface area contributed by atoms with Gasteiger partial charge in [-0.2, -0.15) is 4.98 Å². The lowest BCUT2D eigenvalue weighted by Crippen LogP contribution is -2.11. The summed E-state index contributed by atoms with van der Waals surface area (Å²) in [6, 6.07) is 0. The summed E-state index contributed by atoms with van der Waals surface area (Å²) in [5.41, 5.74) is 0. The summed E-state index contributed by atoms with van der Waals surface area (Å²) in [7, 11) is 0. The van der Waals surface area contributed by atoms with Gasteiger partial charge in [-0.05, 0) is 18.3 Å². The van der Waals surface area contributed by atoms with Crippen molar-refractivity contribution in [2.45, 2.75) is 47.1 Å². The van der Waals surface area contributed by atoms with Crippen molar-refractivity contribution in [1.82, 2.24) is 10.1 Å². The van der Waals surface area contributed by atoms with Gasteiger partial charge in [0.15, 0.2) is 6.61 Å². The average molecular weight is 240 g/mol.